The Bertz CT molecular complexity index is 930. The monoisotopic (exact) mass is 393 g/mol. The van der Waals surface area contributed by atoms with Crippen molar-refractivity contribution in [2.24, 2.45) is 0 Å². The summed E-state index contributed by atoms with van der Waals surface area (Å²) < 4.78 is 5.16. The largest absolute Gasteiger partial charge is 0.507 e. The second kappa shape index (κ2) is 8.95. The quantitative estimate of drug-likeness (QED) is 0.323. The number of methoxy groups -OCH3 is 1. The summed E-state index contributed by atoms with van der Waals surface area (Å²) in [5.41, 5.74) is 2.49. The lowest BCUT2D eigenvalue weighted by Gasteiger charge is -2.25. The van der Waals surface area contributed by atoms with Gasteiger partial charge in [-0.3, -0.25) is 9.59 Å². The van der Waals surface area contributed by atoms with Gasteiger partial charge in [-0.1, -0.05) is 49.6 Å². The Morgan fingerprint density at radius 3 is 2.45 bits per heavy atom. The van der Waals surface area contributed by atoms with Crippen LogP contribution in [0.15, 0.2) is 54.1 Å². The van der Waals surface area contributed by atoms with Crippen molar-refractivity contribution in [2.45, 2.75) is 39.2 Å². The minimum Gasteiger partial charge on any atom is -0.507 e. The highest BCUT2D eigenvalue weighted by Gasteiger charge is 2.45. The molecule has 2 aromatic rings. The van der Waals surface area contributed by atoms with Crippen molar-refractivity contribution in [3.8, 4) is 5.75 Å². The van der Waals surface area contributed by atoms with Crippen LogP contribution in [0.5, 0.6) is 5.75 Å². The number of unbranched alkanes of at least 4 members (excludes halogenated alkanes) is 2. The lowest BCUT2D eigenvalue weighted by Crippen LogP contribution is -2.30. The molecule has 1 saturated heterocycles. The highest BCUT2D eigenvalue weighted by molar-refractivity contribution is 6.46. The van der Waals surface area contributed by atoms with Gasteiger partial charge in [-0.2, -0.15) is 0 Å². The highest BCUT2D eigenvalue weighted by Crippen LogP contribution is 2.39. The number of benzene rings is 2. The minimum atomic E-state index is -0.638. The average Bonchev–Trinajstić information content (AvgIpc) is 2.98. The zero-order chi connectivity index (χ0) is 21.0. The molecule has 152 valence electrons. The number of ether oxygens (including phenoxy) is 1. The summed E-state index contributed by atoms with van der Waals surface area (Å²) in [5, 5.41) is 11.0. The van der Waals surface area contributed by atoms with E-state index in [9.17, 15) is 14.7 Å². The Morgan fingerprint density at radius 1 is 1.10 bits per heavy atom. The number of aliphatic hydroxyl groups is 1. The van der Waals surface area contributed by atoms with E-state index in [2.05, 4.69) is 6.92 Å². The number of likely N-dealkylation sites (tertiary alicyclic amines) is 1. The van der Waals surface area contributed by atoms with E-state index in [0.717, 1.165) is 30.4 Å². The normalized spacial score (nSPS) is 18.3. The van der Waals surface area contributed by atoms with Gasteiger partial charge in [0.15, 0.2) is 0 Å². The third-order valence-electron chi connectivity index (χ3n) is 5.26. The van der Waals surface area contributed by atoms with Gasteiger partial charge in [0.2, 0.25) is 0 Å². The zero-order valence-electron chi connectivity index (χ0n) is 17.1. The number of nitrogens with zero attached hydrogens (tertiary/aromatic N) is 1. The first-order valence-corrected chi connectivity index (χ1v) is 9.97. The van der Waals surface area contributed by atoms with Crippen LogP contribution in [0.3, 0.4) is 0 Å². The Labute approximate surface area is 171 Å². The molecule has 3 rings (SSSR count). The summed E-state index contributed by atoms with van der Waals surface area (Å²) in [6.45, 7) is 4.54. The van der Waals surface area contributed by atoms with Crippen LogP contribution in [0.25, 0.3) is 5.76 Å². The molecule has 0 radical (unpaired) electrons. The van der Waals surface area contributed by atoms with Crippen LogP contribution >= 0.6 is 0 Å². The smallest absolute Gasteiger partial charge is 0.295 e. The van der Waals surface area contributed by atoms with E-state index in [0.29, 0.717) is 17.9 Å². The number of hydrogen-bond acceptors (Lipinski definition) is 4. The van der Waals surface area contributed by atoms with Crippen LogP contribution in [-0.2, 0) is 9.59 Å². The standard InChI is InChI=1S/C24H27NO4/c1-4-5-6-14-25-21(18-9-7-8-16(2)15-18)20(23(27)24(25)28)22(26)17-10-12-19(29-3)13-11-17/h7-13,15,21,26H,4-6,14H2,1-3H3/b22-20-. The van der Waals surface area contributed by atoms with Crippen LogP contribution in [0.4, 0.5) is 0 Å². The molecular weight excluding hydrogens is 366 g/mol. The summed E-state index contributed by atoms with van der Waals surface area (Å²) in [6.07, 6.45) is 2.81. The van der Waals surface area contributed by atoms with Crippen molar-refractivity contribution in [1.29, 1.82) is 0 Å². The van der Waals surface area contributed by atoms with E-state index in [4.69, 9.17) is 4.74 Å². The Hall–Kier alpha value is -3.08. The Morgan fingerprint density at radius 2 is 1.83 bits per heavy atom. The van der Waals surface area contributed by atoms with E-state index in [1.807, 2.05) is 31.2 Å². The molecule has 29 heavy (non-hydrogen) atoms. The summed E-state index contributed by atoms with van der Waals surface area (Å²) in [6, 6.07) is 14.0. The first kappa shape index (κ1) is 20.6. The molecule has 0 bridgehead atoms. The van der Waals surface area contributed by atoms with Crippen molar-refractivity contribution in [2.75, 3.05) is 13.7 Å². The van der Waals surface area contributed by atoms with Crippen LogP contribution in [0, 0.1) is 6.92 Å². The molecule has 5 nitrogen and oxygen atoms in total. The number of rotatable bonds is 7. The molecular formula is C24H27NO4. The summed E-state index contributed by atoms with van der Waals surface area (Å²) >= 11 is 0. The van der Waals surface area contributed by atoms with Gasteiger partial charge in [0.05, 0.1) is 18.7 Å². The van der Waals surface area contributed by atoms with Gasteiger partial charge < -0.3 is 14.7 Å². The Kier molecular flexibility index (Phi) is 6.37. The van der Waals surface area contributed by atoms with Crippen LogP contribution < -0.4 is 4.74 Å². The molecule has 0 spiro atoms. The summed E-state index contributed by atoms with van der Waals surface area (Å²) in [4.78, 5) is 27.3. The molecule has 1 unspecified atom stereocenters. The second-order valence-electron chi connectivity index (χ2n) is 7.34. The molecule has 1 aliphatic rings. The van der Waals surface area contributed by atoms with Crippen molar-refractivity contribution >= 4 is 17.4 Å². The molecule has 2 aromatic carbocycles. The number of aliphatic hydroxyl groups excluding tert-OH is 1. The predicted molar refractivity (Wildman–Crippen MR) is 113 cm³/mol. The maximum absolute atomic E-state index is 12.9. The van der Waals surface area contributed by atoms with Crippen LogP contribution in [0.1, 0.15) is 48.9 Å². The fraction of sp³-hybridized carbons (Fsp3) is 0.333. The number of ketones is 1. The number of aryl methyl sites for hydroxylation is 1. The summed E-state index contributed by atoms with van der Waals surface area (Å²) in [7, 11) is 1.56. The van der Waals surface area contributed by atoms with Gasteiger partial charge in [0.1, 0.15) is 11.5 Å². The molecule has 1 aliphatic heterocycles. The minimum absolute atomic E-state index is 0.141. The molecule has 0 aliphatic carbocycles. The molecule has 1 atom stereocenters. The van der Waals surface area contributed by atoms with Gasteiger partial charge in [0, 0.05) is 12.1 Å². The van der Waals surface area contributed by atoms with Crippen molar-refractivity contribution < 1.29 is 19.4 Å². The number of Topliss-reactive ketones (excluding diaryl/α,β-unsaturated/α-hetero) is 1. The maximum Gasteiger partial charge on any atom is 0.295 e. The molecule has 1 amide bonds. The first-order valence-electron chi connectivity index (χ1n) is 9.97. The first-order chi connectivity index (χ1) is 14.0. The molecule has 1 heterocycles. The molecule has 1 N–H and O–H groups in total. The summed E-state index contributed by atoms with van der Waals surface area (Å²) in [5.74, 6) is -0.698. The third-order valence-corrected chi connectivity index (χ3v) is 5.26. The molecule has 1 fully saturated rings. The molecule has 0 aromatic heterocycles. The molecule has 0 saturated carbocycles. The van der Waals surface area contributed by atoms with Gasteiger partial charge in [-0.05, 0) is 43.2 Å². The van der Waals surface area contributed by atoms with E-state index in [-0.39, 0.29) is 11.3 Å². The van der Waals surface area contributed by atoms with Gasteiger partial charge in [0.25, 0.3) is 11.7 Å². The van der Waals surface area contributed by atoms with Crippen LogP contribution in [-0.4, -0.2) is 35.4 Å². The number of carbonyl (C=O) groups excluding carboxylic acids is 2. The van der Waals surface area contributed by atoms with E-state index >= 15 is 0 Å². The van der Waals surface area contributed by atoms with E-state index in [1.54, 1.807) is 36.3 Å². The van der Waals surface area contributed by atoms with E-state index < -0.39 is 17.7 Å². The SMILES string of the molecule is CCCCCN1C(=O)C(=O)/C(=C(\O)c2ccc(OC)cc2)C1c1cccc(C)c1. The second-order valence-corrected chi connectivity index (χ2v) is 7.34. The number of hydrogen-bond donors (Lipinski definition) is 1. The lowest BCUT2D eigenvalue weighted by atomic mass is 9.94. The fourth-order valence-electron chi connectivity index (χ4n) is 3.73. The predicted octanol–water partition coefficient (Wildman–Crippen LogP) is 4.62. The topological polar surface area (TPSA) is 66.8 Å². The number of carbonyl (C=O) groups is 2. The zero-order valence-corrected chi connectivity index (χ0v) is 17.1. The van der Waals surface area contributed by atoms with Crippen molar-refractivity contribution in [3.05, 3.63) is 70.8 Å². The van der Waals surface area contributed by atoms with Crippen LogP contribution in [0.2, 0.25) is 0 Å². The van der Waals surface area contributed by atoms with Gasteiger partial charge in [-0.15, -0.1) is 0 Å². The maximum atomic E-state index is 12.9. The molecule has 5 heteroatoms. The lowest BCUT2D eigenvalue weighted by molar-refractivity contribution is -0.139. The van der Waals surface area contributed by atoms with Gasteiger partial charge in [-0.25, -0.2) is 0 Å². The van der Waals surface area contributed by atoms with E-state index in [1.165, 1.54) is 0 Å². The highest BCUT2D eigenvalue weighted by atomic mass is 16.5. The third kappa shape index (κ3) is 4.19. The van der Waals surface area contributed by atoms with Gasteiger partial charge >= 0.3 is 0 Å². The Balaban J connectivity index is 2.10. The van der Waals surface area contributed by atoms with Crippen molar-refractivity contribution in [3.63, 3.8) is 0 Å². The fourth-order valence-corrected chi connectivity index (χ4v) is 3.73. The van der Waals surface area contributed by atoms with Crippen molar-refractivity contribution in [1.82, 2.24) is 4.90 Å². The average molecular weight is 393 g/mol. The number of amides is 1.